The zero-order valence-corrected chi connectivity index (χ0v) is 11.2. The number of hydrogen-bond acceptors (Lipinski definition) is 3. The van der Waals surface area contributed by atoms with E-state index < -0.39 is 12.6 Å². The zero-order valence-electron chi connectivity index (χ0n) is 11.2. The van der Waals surface area contributed by atoms with Gasteiger partial charge < -0.3 is 5.32 Å². The second-order valence-corrected chi connectivity index (χ2v) is 4.59. The van der Waals surface area contributed by atoms with Crippen molar-refractivity contribution >= 4 is 16.9 Å². The lowest BCUT2D eigenvalue weighted by atomic mass is 10.1. The summed E-state index contributed by atoms with van der Waals surface area (Å²) in [5, 5.41) is 2.60. The minimum absolute atomic E-state index is 0.00692. The van der Waals surface area contributed by atoms with Crippen molar-refractivity contribution in [1.29, 1.82) is 0 Å². The van der Waals surface area contributed by atoms with Gasteiger partial charge in [0.05, 0.1) is 11.0 Å². The van der Waals surface area contributed by atoms with Crippen molar-refractivity contribution in [2.45, 2.75) is 25.4 Å². The van der Waals surface area contributed by atoms with E-state index >= 15 is 0 Å². The van der Waals surface area contributed by atoms with Gasteiger partial charge >= 0.3 is 6.18 Å². The minimum atomic E-state index is -4.14. The van der Waals surface area contributed by atoms with E-state index in [4.69, 9.17) is 0 Å². The van der Waals surface area contributed by atoms with Gasteiger partial charge in [0.15, 0.2) is 0 Å². The molecule has 0 atom stereocenters. The number of nitrogens with one attached hydrogen (secondary N) is 1. The van der Waals surface area contributed by atoms with Crippen molar-refractivity contribution < 1.29 is 18.0 Å². The van der Waals surface area contributed by atoms with Crippen molar-refractivity contribution in [3.05, 3.63) is 36.2 Å². The number of carbonyl (C=O) groups is 1. The standard InChI is InChI=1S/C14H14F3N3O/c15-14(16,17)5-1-2-6-20-13(21)10-3-4-11-12(9-10)19-8-7-18-11/h3-4,7-9H,1-2,5-6H2,(H,20,21). The van der Waals surface area contributed by atoms with Crippen LogP contribution in [-0.2, 0) is 0 Å². The van der Waals surface area contributed by atoms with Gasteiger partial charge in [-0.1, -0.05) is 0 Å². The van der Waals surface area contributed by atoms with E-state index in [1.54, 1.807) is 24.4 Å². The molecule has 0 spiro atoms. The van der Waals surface area contributed by atoms with Gasteiger partial charge in [0.1, 0.15) is 0 Å². The Morgan fingerprint density at radius 2 is 1.81 bits per heavy atom. The van der Waals surface area contributed by atoms with Crippen molar-refractivity contribution in [3.8, 4) is 0 Å². The van der Waals surface area contributed by atoms with Gasteiger partial charge in [0.2, 0.25) is 0 Å². The fourth-order valence-corrected chi connectivity index (χ4v) is 1.86. The molecule has 2 rings (SSSR count). The Morgan fingerprint density at radius 1 is 1.10 bits per heavy atom. The maximum Gasteiger partial charge on any atom is 0.389 e. The summed E-state index contributed by atoms with van der Waals surface area (Å²) in [6.07, 6.45) is -1.58. The normalized spacial score (nSPS) is 11.6. The third-order valence-electron chi connectivity index (χ3n) is 2.90. The molecule has 0 saturated heterocycles. The van der Waals surface area contributed by atoms with Gasteiger partial charge in [-0.15, -0.1) is 0 Å². The van der Waals surface area contributed by atoms with Crippen LogP contribution in [0.2, 0.25) is 0 Å². The second kappa shape index (κ2) is 6.51. The van der Waals surface area contributed by atoms with Crippen LogP contribution in [0.3, 0.4) is 0 Å². The fourth-order valence-electron chi connectivity index (χ4n) is 1.86. The largest absolute Gasteiger partial charge is 0.389 e. The highest BCUT2D eigenvalue weighted by Gasteiger charge is 2.25. The summed E-state index contributed by atoms with van der Waals surface area (Å²) in [5.74, 6) is -0.324. The van der Waals surface area contributed by atoms with Crippen LogP contribution in [0.15, 0.2) is 30.6 Å². The quantitative estimate of drug-likeness (QED) is 0.863. The first-order chi connectivity index (χ1) is 9.96. The highest BCUT2D eigenvalue weighted by molar-refractivity contribution is 5.97. The summed E-state index contributed by atoms with van der Waals surface area (Å²) in [6.45, 7) is 0.216. The summed E-state index contributed by atoms with van der Waals surface area (Å²) in [6, 6.07) is 4.90. The predicted octanol–water partition coefficient (Wildman–Crippen LogP) is 3.09. The highest BCUT2D eigenvalue weighted by atomic mass is 19.4. The number of carbonyl (C=O) groups excluding carboxylic acids is 1. The summed E-state index contributed by atoms with van der Waals surface area (Å²) < 4.78 is 35.9. The number of alkyl halides is 3. The first-order valence-electron chi connectivity index (χ1n) is 6.51. The number of fused-ring (bicyclic) bond motifs is 1. The van der Waals surface area contributed by atoms with Crippen molar-refractivity contribution in [1.82, 2.24) is 15.3 Å². The number of rotatable bonds is 5. The average molecular weight is 297 g/mol. The first kappa shape index (κ1) is 15.2. The number of aromatic nitrogens is 2. The Labute approximate surface area is 119 Å². The lowest BCUT2D eigenvalue weighted by Gasteiger charge is -2.07. The molecule has 1 N–H and O–H groups in total. The highest BCUT2D eigenvalue weighted by Crippen LogP contribution is 2.21. The molecule has 0 fully saturated rings. The maximum atomic E-state index is 12.0. The molecule has 2 aromatic rings. The Morgan fingerprint density at radius 3 is 2.52 bits per heavy atom. The molecule has 1 heterocycles. The molecule has 1 amide bonds. The van der Waals surface area contributed by atoms with E-state index in [0.29, 0.717) is 23.0 Å². The van der Waals surface area contributed by atoms with Crippen molar-refractivity contribution in [2.24, 2.45) is 0 Å². The molecule has 0 aliphatic carbocycles. The lowest BCUT2D eigenvalue weighted by Crippen LogP contribution is -2.24. The molecule has 0 aliphatic heterocycles. The Kier molecular flexibility index (Phi) is 4.72. The molecule has 0 bridgehead atoms. The topological polar surface area (TPSA) is 54.9 Å². The monoisotopic (exact) mass is 297 g/mol. The molecular weight excluding hydrogens is 283 g/mol. The molecular formula is C14H14F3N3O. The van der Waals surface area contributed by atoms with Crippen molar-refractivity contribution in [2.75, 3.05) is 6.54 Å². The summed E-state index contributed by atoms with van der Waals surface area (Å²) in [5.41, 5.74) is 1.69. The molecule has 112 valence electrons. The van der Waals surface area contributed by atoms with Crippen LogP contribution < -0.4 is 5.32 Å². The van der Waals surface area contributed by atoms with Crippen LogP contribution in [0.5, 0.6) is 0 Å². The lowest BCUT2D eigenvalue weighted by molar-refractivity contribution is -0.135. The van der Waals surface area contributed by atoms with E-state index in [-0.39, 0.29) is 18.9 Å². The van der Waals surface area contributed by atoms with Crippen LogP contribution in [0.1, 0.15) is 29.6 Å². The molecule has 0 aliphatic rings. The number of benzene rings is 1. The SMILES string of the molecule is O=C(NCCCCC(F)(F)F)c1ccc2nccnc2c1. The fraction of sp³-hybridized carbons (Fsp3) is 0.357. The molecule has 0 unspecified atom stereocenters. The van der Waals surface area contributed by atoms with E-state index in [1.165, 1.54) is 6.20 Å². The van der Waals surface area contributed by atoms with E-state index in [0.717, 1.165) is 0 Å². The molecule has 1 aromatic carbocycles. The van der Waals surface area contributed by atoms with Gasteiger partial charge in [-0.3, -0.25) is 14.8 Å². The van der Waals surface area contributed by atoms with E-state index in [1.807, 2.05) is 0 Å². The number of amides is 1. The van der Waals surface area contributed by atoms with Crippen LogP contribution in [0.25, 0.3) is 11.0 Å². The second-order valence-electron chi connectivity index (χ2n) is 4.59. The van der Waals surface area contributed by atoms with E-state index in [2.05, 4.69) is 15.3 Å². The number of hydrogen-bond donors (Lipinski definition) is 1. The van der Waals surface area contributed by atoms with Gasteiger partial charge in [0, 0.05) is 30.9 Å². The summed E-state index contributed by atoms with van der Waals surface area (Å²) in [7, 11) is 0. The van der Waals surface area contributed by atoms with Gasteiger partial charge in [-0.2, -0.15) is 13.2 Å². The van der Waals surface area contributed by atoms with Crippen LogP contribution >= 0.6 is 0 Å². The third kappa shape index (κ3) is 4.70. The van der Waals surface area contributed by atoms with Crippen LogP contribution in [0.4, 0.5) is 13.2 Å². The predicted molar refractivity (Wildman–Crippen MR) is 71.8 cm³/mol. The maximum absolute atomic E-state index is 12.0. The molecule has 7 heteroatoms. The van der Waals surface area contributed by atoms with Crippen LogP contribution in [0, 0.1) is 0 Å². The van der Waals surface area contributed by atoms with Crippen molar-refractivity contribution in [3.63, 3.8) is 0 Å². The van der Waals surface area contributed by atoms with Gasteiger partial charge in [-0.25, -0.2) is 0 Å². The third-order valence-corrected chi connectivity index (χ3v) is 2.90. The zero-order chi connectivity index (χ0) is 15.3. The summed E-state index contributed by atoms with van der Waals surface area (Å²) >= 11 is 0. The van der Waals surface area contributed by atoms with E-state index in [9.17, 15) is 18.0 Å². The number of halogens is 3. The Balaban J connectivity index is 1.85. The minimum Gasteiger partial charge on any atom is -0.352 e. The Bertz CT molecular complexity index is 628. The molecule has 21 heavy (non-hydrogen) atoms. The smallest absolute Gasteiger partial charge is 0.352 e. The number of unbranched alkanes of at least 4 members (excludes halogenated alkanes) is 1. The van der Waals surface area contributed by atoms with Gasteiger partial charge in [-0.05, 0) is 31.0 Å². The summed E-state index contributed by atoms with van der Waals surface area (Å²) in [4.78, 5) is 20.1. The number of nitrogens with zero attached hydrogens (tertiary/aromatic N) is 2. The molecule has 1 aromatic heterocycles. The molecule has 0 radical (unpaired) electrons. The average Bonchev–Trinajstić information content (AvgIpc) is 2.45. The molecule has 0 saturated carbocycles. The van der Waals surface area contributed by atoms with Crippen LogP contribution in [-0.4, -0.2) is 28.6 Å². The Hall–Kier alpha value is -2.18. The first-order valence-corrected chi connectivity index (χ1v) is 6.51. The molecule has 4 nitrogen and oxygen atoms in total. The van der Waals surface area contributed by atoms with Gasteiger partial charge in [0.25, 0.3) is 5.91 Å².